The SMILES string of the molecule is [2H]C([2H])([2H])Oc1cc(F)ccc1Oc1cc(Cl)c(Cl)cc1C(=O)Nc1cncnc1. The van der Waals surface area contributed by atoms with Gasteiger partial charge in [-0.2, -0.15) is 0 Å². The van der Waals surface area contributed by atoms with E-state index in [0.717, 1.165) is 18.2 Å². The van der Waals surface area contributed by atoms with Crippen molar-refractivity contribution in [2.24, 2.45) is 0 Å². The molecule has 3 aromatic rings. The third-order valence-electron chi connectivity index (χ3n) is 3.32. The molecular weight excluding hydrogens is 396 g/mol. The van der Waals surface area contributed by atoms with Crippen molar-refractivity contribution in [3.8, 4) is 17.2 Å². The van der Waals surface area contributed by atoms with Crippen LogP contribution in [0.3, 0.4) is 0 Å². The van der Waals surface area contributed by atoms with Crippen LogP contribution < -0.4 is 14.8 Å². The molecule has 0 fully saturated rings. The molecule has 1 N–H and O–H groups in total. The summed E-state index contributed by atoms with van der Waals surface area (Å²) >= 11 is 12.1. The average molecular weight is 411 g/mol. The van der Waals surface area contributed by atoms with E-state index in [0.29, 0.717) is 5.69 Å². The summed E-state index contributed by atoms with van der Waals surface area (Å²) in [6.07, 6.45) is 4.06. The van der Waals surface area contributed by atoms with E-state index < -0.39 is 18.8 Å². The summed E-state index contributed by atoms with van der Waals surface area (Å²) in [4.78, 5) is 20.3. The van der Waals surface area contributed by atoms with Crippen molar-refractivity contribution in [2.45, 2.75) is 0 Å². The van der Waals surface area contributed by atoms with Crippen LogP contribution in [0.25, 0.3) is 0 Å². The quantitative estimate of drug-likeness (QED) is 0.642. The van der Waals surface area contributed by atoms with Crippen molar-refractivity contribution in [2.75, 3.05) is 12.4 Å². The van der Waals surface area contributed by atoms with Crippen molar-refractivity contribution in [1.82, 2.24) is 9.97 Å². The van der Waals surface area contributed by atoms with E-state index in [1.54, 1.807) is 0 Å². The second kappa shape index (κ2) is 8.20. The second-order valence-corrected chi connectivity index (χ2v) is 5.95. The number of anilines is 1. The van der Waals surface area contributed by atoms with Gasteiger partial charge in [-0.25, -0.2) is 14.4 Å². The normalized spacial score (nSPS) is 12.5. The maximum absolute atomic E-state index is 13.6. The molecule has 0 spiro atoms. The summed E-state index contributed by atoms with van der Waals surface area (Å²) in [6, 6.07) is 5.58. The number of halogens is 3. The monoisotopic (exact) mass is 410 g/mol. The largest absolute Gasteiger partial charge is 0.493 e. The summed E-state index contributed by atoms with van der Waals surface area (Å²) in [5, 5.41) is 2.72. The Kier molecular flexibility index (Phi) is 4.61. The first kappa shape index (κ1) is 15.2. The van der Waals surface area contributed by atoms with Crippen LogP contribution in [0.4, 0.5) is 10.1 Å². The number of hydrogen-bond donors (Lipinski definition) is 1. The molecule has 0 aliphatic heterocycles. The van der Waals surface area contributed by atoms with E-state index in [1.165, 1.54) is 30.9 Å². The van der Waals surface area contributed by atoms with Crippen molar-refractivity contribution < 1.29 is 22.8 Å². The van der Waals surface area contributed by atoms with Crippen LogP contribution >= 0.6 is 23.2 Å². The maximum Gasteiger partial charge on any atom is 0.259 e. The summed E-state index contributed by atoms with van der Waals surface area (Å²) in [5.41, 5.74) is 0.283. The van der Waals surface area contributed by atoms with Crippen LogP contribution in [0.2, 0.25) is 10.0 Å². The third-order valence-corrected chi connectivity index (χ3v) is 4.04. The highest BCUT2D eigenvalue weighted by atomic mass is 35.5. The van der Waals surface area contributed by atoms with Crippen LogP contribution in [0.1, 0.15) is 14.5 Å². The fraction of sp³-hybridized carbons (Fsp3) is 0.0556. The molecule has 138 valence electrons. The lowest BCUT2D eigenvalue weighted by Crippen LogP contribution is -2.13. The molecule has 2 aromatic carbocycles. The van der Waals surface area contributed by atoms with Gasteiger partial charge in [-0.3, -0.25) is 4.79 Å². The smallest absolute Gasteiger partial charge is 0.259 e. The molecule has 1 aromatic heterocycles. The van der Waals surface area contributed by atoms with Gasteiger partial charge in [-0.15, -0.1) is 0 Å². The topological polar surface area (TPSA) is 73.3 Å². The Hall–Kier alpha value is -2.90. The minimum atomic E-state index is -2.85. The Balaban J connectivity index is 1.99. The van der Waals surface area contributed by atoms with Crippen LogP contribution in [-0.2, 0) is 0 Å². The van der Waals surface area contributed by atoms with Gasteiger partial charge in [-0.05, 0) is 18.2 Å². The number of benzene rings is 2. The van der Waals surface area contributed by atoms with Crippen molar-refractivity contribution in [1.29, 1.82) is 0 Å². The molecule has 0 aliphatic carbocycles. The van der Waals surface area contributed by atoms with Crippen molar-refractivity contribution in [3.05, 3.63) is 70.5 Å². The molecule has 0 unspecified atom stereocenters. The molecular formula is C18H12Cl2FN3O3. The average Bonchev–Trinajstić information content (AvgIpc) is 2.66. The molecule has 3 rings (SSSR count). The fourth-order valence-electron chi connectivity index (χ4n) is 2.12. The van der Waals surface area contributed by atoms with Gasteiger partial charge in [0.1, 0.15) is 17.9 Å². The molecule has 0 saturated heterocycles. The molecule has 6 nitrogen and oxygen atoms in total. The number of aromatic nitrogens is 2. The highest BCUT2D eigenvalue weighted by molar-refractivity contribution is 6.42. The van der Waals surface area contributed by atoms with Gasteiger partial charge < -0.3 is 14.8 Å². The van der Waals surface area contributed by atoms with Gasteiger partial charge in [0.05, 0.1) is 44.8 Å². The van der Waals surface area contributed by atoms with Crippen molar-refractivity contribution in [3.63, 3.8) is 0 Å². The summed E-state index contributed by atoms with van der Waals surface area (Å²) in [7, 11) is -2.85. The van der Waals surface area contributed by atoms with Gasteiger partial charge in [-0.1, -0.05) is 23.2 Å². The first-order valence-electron chi connectivity index (χ1n) is 8.84. The Bertz CT molecular complexity index is 1090. The molecule has 9 heteroatoms. The number of nitrogens with one attached hydrogen (secondary N) is 1. The van der Waals surface area contributed by atoms with E-state index in [9.17, 15) is 9.18 Å². The zero-order valence-electron chi connectivity index (χ0n) is 16.4. The predicted molar refractivity (Wildman–Crippen MR) is 99.5 cm³/mol. The highest BCUT2D eigenvalue weighted by Crippen LogP contribution is 2.37. The van der Waals surface area contributed by atoms with E-state index in [1.807, 2.05) is 0 Å². The number of ether oxygens (including phenoxy) is 2. The zero-order valence-corrected chi connectivity index (χ0v) is 14.9. The van der Waals surface area contributed by atoms with Gasteiger partial charge in [0.2, 0.25) is 0 Å². The molecule has 0 bridgehead atoms. The van der Waals surface area contributed by atoms with E-state index in [2.05, 4.69) is 15.3 Å². The molecule has 0 atom stereocenters. The molecule has 1 heterocycles. The molecule has 27 heavy (non-hydrogen) atoms. The van der Waals surface area contributed by atoms with Gasteiger partial charge >= 0.3 is 0 Å². The van der Waals surface area contributed by atoms with Crippen molar-refractivity contribution >= 4 is 34.8 Å². The van der Waals surface area contributed by atoms with E-state index in [4.69, 9.17) is 36.8 Å². The van der Waals surface area contributed by atoms with Crippen LogP contribution in [0.5, 0.6) is 17.2 Å². The Morgan fingerprint density at radius 2 is 1.85 bits per heavy atom. The highest BCUT2D eigenvalue weighted by Gasteiger charge is 2.18. The number of carbonyl (C=O) groups excluding carboxylic acids is 1. The number of rotatable bonds is 5. The van der Waals surface area contributed by atoms with Gasteiger partial charge in [0, 0.05) is 12.1 Å². The lowest BCUT2D eigenvalue weighted by Gasteiger charge is -2.14. The Labute approximate surface area is 168 Å². The number of nitrogens with zero attached hydrogens (tertiary/aromatic N) is 2. The minimum Gasteiger partial charge on any atom is -0.493 e. The molecule has 1 amide bonds. The number of hydrogen-bond acceptors (Lipinski definition) is 5. The van der Waals surface area contributed by atoms with Crippen LogP contribution in [0.15, 0.2) is 49.1 Å². The Morgan fingerprint density at radius 3 is 2.59 bits per heavy atom. The fourth-order valence-corrected chi connectivity index (χ4v) is 2.43. The summed E-state index contributed by atoms with van der Waals surface area (Å²) in [6.45, 7) is 0. The molecule has 0 aliphatic rings. The number of carbonyl (C=O) groups is 1. The lowest BCUT2D eigenvalue weighted by molar-refractivity contribution is 0.102. The first-order chi connectivity index (χ1) is 14.1. The molecule has 0 saturated carbocycles. The standard InChI is InChI=1S/C18H12Cl2FN3O3/c1-26-17-4-10(21)2-3-15(17)27-16-6-14(20)13(19)5-12(16)18(25)24-11-7-22-9-23-8-11/h2-9H,1H3,(H,24,25)/i1D3. The first-order valence-corrected chi connectivity index (χ1v) is 8.10. The van der Waals surface area contributed by atoms with Gasteiger partial charge in [0.25, 0.3) is 5.91 Å². The Morgan fingerprint density at radius 1 is 1.11 bits per heavy atom. The van der Waals surface area contributed by atoms with Crippen LogP contribution in [-0.4, -0.2) is 22.9 Å². The lowest BCUT2D eigenvalue weighted by atomic mass is 10.1. The third kappa shape index (κ3) is 4.45. The molecule has 0 radical (unpaired) electrons. The second-order valence-electron chi connectivity index (χ2n) is 5.14. The van der Waals surface area contributed by atoms with E-state index in [-0.39, 0.29) is 32.9 Å². The summed E-state index contributed by atoms with van der Waals surface area (Å²) < 4.78 is 45.7. The zero-order chi connectivity index (χ0) is 21.9. The number of methoxy groups -OCH3 is 1. The summed E-state index contributed by atoms with van der Waals surface area (Å²) in [5.74, 6) is -1.97. The van der Waals surface area contributed by atoms with Crippen LogP contribution in [0, 0.1) is 5.82 Å². The maximum atomic E-state index is 13.6. The number of amides is 1. The van der Waals surface area contributed by atoms with Gasteiger partial charge in [0.15, 0.2) is 11.5 Å². The predicted octanol–water partition coefficient (Wildman–Crippen LogP) is 4.98. The minimum absolute atomic E-state index is 0.0302. The van der Waals surface area contributed by atoms with E-state index >= 15 is 0 Å².